The van der Waals surface area contributed by atoms with Crippen LogP contribution in [-0.2, 0) is 0 Å². The highest BCUT2D eigenvalue weighted by molar-refractivity contribution is 6.00. The third kappa shape index (κ3) is 5.33. The van der Waals surface area contributed by atoms with E-state index >= 15 is 0 Å². The highest BCUT2D eigenvalue weighted by Gasteiger charge is 2.10. The molecule has 0 amide bonds. The molecule has 0 saturated carbocycles. The van der Waals surface area contributed by atoms with Gasteiger partial charge in [0.15, 0.2) is 11.6 Å². The number of aromatic nitrogens is 1. The van der Waals surface area contributed by atoms with Crippen LogP contribution < -0.4 is 4.74 Å². The molecule has 142 valence electrons. The molecular weight excluding hydrogens is 341 g/mol. The zero-order valence-electron chi connectivity index (χ0n) is 16.6. The molecule has 0 aliphatic carbocycles. The van der Waals surface area contributed by atoms with E-state index in [0.29, 0.717) is 5.52 Å². The Labute approximate surface area is 160 Å². The molecule has 27 heavy (non-hydrogen) atoms. The predicted molar refractivity (Wildman–Crippen MR) is 112 cm³/mol. The van der Waals surface area contributed by atoms with E-state index in [-0.39, 0.29) is 5.75 Å². The summed E-state index contributed by atoms with van der Waals surface area (Å²) in [6.07, 6.45) is 9.28. The Kier molecular flexibility index (Phi) is 7.41. The molecule has 0 bridgehead atoms. The number of hydrogen-bond acceptors (Lipinski definition) is 4. The molecule has 0 radical (unpaired) electrons. The molecule has 1 aromatic carbocycles. The second-order valence-corrected chi connectivity index (χ2v) is 6.32. The molecule has 0 aliphatic rings. The van der Waals surface area contributed by atoms with Crippen molar-refractivity contribution in [3.8, 4) is 5.75 Å². The van der Waals surface area contributed by atoms with Gasteiger partial charge in [-0.25, -0.2) is 4.39 Å². The molecule has 0 saturated heterocycles. The van der Waals surface area contributed by atoms with Crippen LogP contribution in [0, 0.1) is 5.82 Å². The molecule has 0 aliphatic heterocycles. The molecule has 0 spiro atoms. The monoisotopic (exact) mass is 367 g/mol. The van der Waals surface area contributed by atoms with E-state index in [9.17, 15) is 4.39 Å². The molecule has 0 unspecified atom stereocenters. The minimum absolute atomic E-state index is 0.206. The zero-order valence-corrected chi connectivity index (χ0v) is 16.6. The summed E-state index contributed by atoms with van der Waals surface area (Å²) in [7, 11) is 3.21. The van der Waals surface area contributed by atoms with Gasteiger partial charge in [0.2, 0.25) is 0 Å². The van der Waals surface area contributed by atoms with E-state index in [4.69, 9.17) is 4.74 Å². The maximum atomic E-state index is 14.0. The van der Waals surface area contributed by atoms with E-state index < -0.39 is 5.82 Å². The number of aliphatic imine (C=N–C) groups is 2. The van der Waals surface area contributed by atoms with Crippen LogP contribution in [0.5, 0.6) is 5.75 Å². The van der Waals surface area contributed by atoms with E-state index in [1.165, 1.54) is 13.2 Å². The Hall–Kier alpha value is -2.82. The molecule has 2 rings (SSSR count). The van der Waals surface area contributed by atoms with Gasteiger partial charge in [0, 0.05) is 42.8 Å². The average molecular weight is 367 g/mol. The van der Waals surface area contributed by atoms with Crippen LogP contribution in [0.4, 0.5) is 4.39 Å². The van der Waals surface area contributed by atoms with Gasteiger partial charge in [-0.3, -0.25) is 15.0 Å². The van der Waals surface area contributed by atoms with Crippen LogP contribution in [0.1, 0.15) is 39.2 Å². The fraction of sp³-hybridized carbons (Fsp3) is 0.318. The van der Waals surface area contributed by atoms with E-state index in [1.54, 1.807) is 19.3 Å². The van der Waals surface area contributed by atoms with E-state index in [2.05, 4.69) is 21.9 Å². The van der Waals surface area contributed by atoms with Gasteiger partial charge in [-0.15, -0.1) is 0 Å². The van der Waals surface area contributed by atoms with Crippen LogP contribution >= 0.6 is 0 Å². The molecule has 2 aromatic rings. The second kappa shape index (κ2) is 9.76. The lowest BCUT2D eigenvalue weighted by Crippen LogP contribution is -1.95. The minimum Gasteiger partial charge on any atom is -0.494 e. The molecule has 5 heteroatoms. The summed E-state index contributed by atoms with van der Waals surface area (Å²) >= 11 is 0. The van der Waals surface area contributed by atoms with E-state index in [1.807, 2.05) is 38.4 Å². The number of halogens is 1. The van der Waals surface area contributed by atoms with Gasteiger partial charge in [-0.2, -0.15) is 0 Å². The van der Waals surface area contributed by atoms with Crippen molar-refractivity contribution in [3.63, 3.8) is 0 Å². The molecule has 0 N–H and O–H groups in total. The Morgan fingerprint density at radius 2 is 2.07 bits per heavy atom. The highest BCUT2D eigenvalue weighted by Crippen LogP contribution is 2.29. The summed E-state index contributed by atoms with van der Waals surface area (Å²) in [4.78, 5) is 13.0. The maximum Gasteiger partial charge on any atom is 0.167 e. The highest BCUT2D eigenvalue weighted by atomic mass is 19.1. The van der Waals surface area contributed by atoms with Crippen molar-refractivity contribution >= 4 is 28.4 Å². The molecular formula is C22H26FN3O. The normalized spacial score (nSPS) is 13.6. The van der Waals surface area contributed by atoms with Gasteiger partial charge in [-0.05, 0) is 55.2 Å². The van der Waals surface area contributed by atoms with Crippen molar-refractivity contribution in [1.82, 2.24) is 4.98 Å². The SMILES string of the molecule is CCCC(/C=C(C)\C=N/C)=N\C=C(/C)c1ccnc2cc(F)c(OC)cc12. The number of methoxy groups -OCH3 is 1. The van der Waals surface area contributed by atoms with Crippen molar-refractivity contribution in [2.24, 2.45) is 9.98 Å². The van der Waals surface area contributed by atoms with Gasteiger partial charge in [-0.1, -0.05) is 13.3 Å². The Balaban J connectivity index is 2.48. The lowest BCUT2D eigenvalue weighted by molar-refractivity contribution is 0.387. The van der Waals surface area contributed by atoms with Crippen molar-refractivity contribution in [1.29, 1.82) is 0 Å². The number of nitrogens with zero attached hydrogens (tertiary/aromatic N) is 3. The summed E-state index contributed by atoms with van der Waals surface area (Å²) in [5.74, 6) is -0.213. The quantitative estimate of drug-likeness (QED) is 0.595. The Morgan fingerprint density at radius 1 is 1.30 bits per heavy atom. The maximum absolute atomic E-state index is 14.0. The van der Waals surface area contributed by atoms with Gasteiger partial charge >= 0.3 is 0 Å². The van der Waals surface area contributed by atoms with Crippen molar-refractivity contribution in [2.45, 2.75) is 33.6 Å². The number of pyridine rings is 1. The molecule has 0 atom stereocenters. The van der Waals surface area contributed by atoms with Crippen LogP contribution in [0.3, 0.4) is 0 Å². The molecule has 4 nitrogen and oxygen atoms in total. The first-order chi connectivity index (χ1) is 13.0. The average Bonchev–Trinajstić information content (AvgIpc) is 2.65. The Morgan fingerprint density at radius 3 is 2.74 bits per heavy atom. The number of hydrogen-bond donors (Lipinski definition) is 0. The van der Waals surface area contributed by atoms with Gasteiger partial charge < -0.3 is 4.74 Å². The third-order valence-electron chi connectivity index (χ3n) is 4.10. The smallest absolute Gasteiger partial charge is 0.167 e. The first kappa shape index (κ1) is 20.5. The summed E-state index contributed by atoms with van der Waals surface area (Å²) < 4.78 is 19.1. The molecule has 0 fully saturated rings. The number of benzene rings is 1. The summed E-state index contributed by atoms with van der Waals surface area (Å²) in [5, 5.41) is 0.835. The van der Waals surface area contributed by atoms with Crippen LogP contribution in [-0.4, -0.2) is 31.1 Å². The van der Waals surface area contributed by atoms with Crippen LogP contribution in [0.25, 0.3) is 16.5 Å². The third-order valence-corrected chi connectivity index (χ3v) is 4.10. The first-order valence-corrected chi connectivity index (χ1v) is 8.96. The van der Waals surface area contributed by atoms with Crippen LogP contribution in [0.2, 0.25) is 0 Å². The standard InChI is InChI=1S/C22H26FN3O/c1-6-7-17(10-15(2)13-24-4)26-14-16(3)18-8-9-25-21-12-20(23)22(27-5)11-19(18)21/h8-14H,6-7H2,1-5H3/b15-10-,16-14+,24-13-,26-17+. The van der Waals surface area contributed by atoms with Crippen molar-refractivity contribution < 1.29 is 9.13 Å². The summed E-state index contributed by atoms with van der Waals surface area (Å²) in [6.45, 7) is 6.12. The molecule has 1 heterocycles. The summed E-state index contributed by atoms with van der Waals surface area (Å²) in [6, 6.07) is 4.99. The number of rotatable bonds is 7. The lowest BCUT2D eigenvalue weighted by Gasteiger charge is -2.09. The number of fused-ring (bicyclic) bond motifs is 1. The van der Waals surface area contributed by atoms with Crippen LogP contribution in [0.15, 0.2) is 52.2 Å². The fourth-order valence-electron chi connectivity index (χ4n) is 2.83. The topological polar surface area (TPSA) is 46.8 Å². The predicted octanol–water partition coefficient (Wildman–Crippen LogP) is 5.63. The largest absolute Gasteiger partial charge is 0.494 e. The van der Waals surface area contributed by atoms with E-state index in [0.717, 1.165) is 40.6 Å². The second-order valence-electron chi connectivity index (χ2n) is 6.32. The van der Waals surface area contributed by atoms with Gasteiger partial charge in [0.1, 0.15) is 0 Å². The van der Waals surface area contributed by atoms with Gasteiger partial charge in [0.05, 0.1) is 12.6 Å². The summed E-state index contributed by atoms with van der Waals surface area (Å²) in [5.41, 5.74) is 4.57. The minimum atomic E-state index is -0.419. The number of ether oxygens (including phenoxy) is 1. The number of allylic oxidation sites excluding steroid dienone is 3. The van der Waals surface area contributed by atoms with Crippen molar-refractivity contribution in [3.05, 3.63) is 53.6 Å². The van der Waals surface area contributed by atoms with Gasteiger partial charge in [0.25, 0.3) is 0 Å². The zero-order chi connectivity index (χ0) is 19.8. The molecule has 1 aromatic heterocycles. The first-order valence-electron chi connectivity index (χ1n) is 8.96. The lowest BCUT2D eigenvalue weighted by atomic mass is 10.0. The fourth-order valence-corrected chi connectivity index (χ4v) is 2.83. The Bertz CT molecular complexity index is 927. The van der Waals surface area contributed by atoms with Crippen molar-refractivity contribution in [2.75, 3.05) is 14.2 Å².